The normalized spacial score (nSPS) is 16.9. The van der Waals surface area contributed by atoms with Gasteiger partial charge in [0.2, 0.25) is 11.8 Å². The minimum Gasteiger partial charge on any atom is -0.339 e. The standard InChI is InChI=1S/C22H23N3O2/c1-3-16-8-10-19(11-9-16)25-14-18(13-21(25)26)22-23-20(27-24-22)12-17-6-4-15(2)5-7-17/h4-11,18H,3,12-14H2,1-2H3. The van der Waals surface area contributed by atoms with Gasteiger partial charge in [-0.1, -0.05) is 54.0 Å². The van der Waals surface area contributed by atoms with Crippen LogP contribution in [0.5, 0.6) is 0 Å². The number of amides is 1. The van der Waals surface area contributed by atoms with E-state index in [9.17, 15) is 4.79 Å². The van der Waals surface area contributed by atoms with Crippen LogP contribution in [0.3, 0.4) is 0 Å². The van der Waals surface area contributed by atoms with E-state index in [0.717, 1.165) is 17.7 Å². The summed E-state index contributed by atoms with van der Waals surface area (Å²) < 4.78 is 5.43. The lowest BCUT2D eigenvalue weighted by Crippen LogP contribution is -2.24. The van der Waals surface area contributed by atoms with Crippen LogP contribution in [-0.2, 0) is 17.6 Å². The Morgan fingerprint density at radius 2 is 1.78 bits per heavy atom. The molecule has 2 heterocycles. The zero-order chi connectivity index (χ0) is 18.8. The minimum atomic E-state index is -0.0288. The van der Waals surface area contributed by atoms with E-state index in [0.29, 0.717) is 31.1 Å². The van der Waals surface area contributed by atoms with Crippen LogP contribution in [0.4, 0.5) is 5.69 Å². The molecule has 0 aliphatic carbocycles. The second-order valence-corrected chi connectivity index (χ2v) is 7.13. The summed E-state index contributed by atoms with van der Waals surface area (Å²) in [6.45, 7) is 4.78. The van der Waals surface area contributed by atoms with Gasteiger partial charge in [-0.15, -0.1) is 0 Å². The van der Waals surface area contributed by atoms with Gasteiger partial charge in [-0.25, -0.2) is 0 Å². The Kier molecular flexibility index (Phi) is 4.75. The first-order chi connectivity index (χ1) is 13.1. The molecule has 1 saturated heterocycles. The van der Waals surface area contributed by atoms with Crippen LogP contribution < -0.4 is 4.90 Å². The van der Waals surface area contributed by atoms with Gasteiger partial charge >= 0.3 is 0 Å². The number of aryl methyl sites for hydroxylation is 2. The summed E-state index contributed by atoms with van der Waals surface area (Å²) in [7, 11) is 0. The highest BCUT2D eigenvalue weighted by Gasteiger charge is 2.34. The molecule has 5 heteroatoms. The molecule has 4 rings (SSSR count). The molecule has 0 radical (unpaired) electrons. The first-order valence-corrected chi connectivity index (χ1v) is 9.39. The van der Waals surface area contributed by atoms with Gasteiger partial charge in [0.05, 0.1) is 6.42 Å². The number of hydrogen-bond donors (Lipinski definition) is 0. The third-order valence-corrected chi connectivity index (χ3v) is 5.11. The highest BCUT2D eigenvalue weighted by atomic mass is 16.5. The molecule has 138 valence electrons. The first kappa shape index (κ1) is 17.5. The number of benzene rings is 2. The molecule has 5 nitrogen and oxygen atoms in total. The fourth-order valence-corrected chi connectivity index (χ4v) is 3.43. The second-order valence-electron chi connectivity index (χ2n) is 7.13. The topological polar surface area (TPSA) is 59.2 Å². The average Bonchev–Trinajstić information content (AvgIpc) is 3.30. The van der Waals surface area contributed by atoms with E-state index in [1.165, 1.54) is 11.1 Å². The van der Waals surface area contributed by atoms with E-state index >= 15 is 0 Å². The predicted molar refractivity (Wildman–Crippen MR) is 104 cm³/mol. The Bertz CT molecular complexity index is 929. The van der Waals surface area contributed by atoms with Crippen molar-refractivity contribution in [3.05, 3.63) is 76.9 Å². The Morgan fingerprint density at radius 3 is 2.48 bits per heavy atom. The van der Waals surface area contributed by atoms with E-state index in [1.807, 2.05) is 17.0 Å². The van der Waals surface area contributed by atoms with E-state index in [1.54, 1.807) is 0 Å². The van der Waals surface area contributed by atoms with Gasteiger partial charge in [0.1, 0.15) is 0 Å². The van der Waals surface area contributed by atoms with Crippen molar-refractivity contribution >= 4 is 11.6 Å². The minimum absolute atomic E-state index is 0.0288. The maximum atomic E-state index is 12.5. The molecule has 1 amide bonds. The molecule has 1 aliphatic heterocycles. The molecule has 0 spiro atoms. The maximum Gasteiger partial charge on any atom is 0.231 e. The van der Waals surface area contributed by atoms with Crippen molar-refractivity contribution < 1.29 is 9.32 Å². The van der Waals surface area contributed by atoms with Crippen molar-refractivity contribution in [1.82, 2.24) is 10.1 Å². The molecule has 0 saturated carbocycles. The number of hydrogen-bond acceptors (Lipinski definition) is 4. The molecule has 1 aromatic heterocycles. The number of carbonyl (C=O) groups is 1. The molecule has 2 aromatic carbocycles. The summed E-state index contributed by atoms with van der Waals surface area (Å²) in [4.78, 5) is 18.8. The van der Waals surface area contributed by atoms with E-state index in [4.69, 9.17) is 4.52 Å². The molecule has 0 N–H and O–H groups in total. The van der Waals surface area contributed by atoms with Gasteiger partial charge in [0.25, 0.3) is 0 Å². The lowest BCUT2D eigenvalue weighted by molar-refractivity contribution is -0.117. The molecule has 1 unspecified atom stereocenters. The van der Waals surface area contributed by atoms with Crippen LogP contribution in [0.25, 0.3) is 0 Å². The SMILES string of the molecule is CCc1ccc(N2CC(c3noc(Cc4ccc(C)cc4)n3)CC2=O)cc1. The number of carbonyl (C=O) groups excluding carboxylic acids is 1. The molecule has 3 aromatic rings. The molecular weight excluding hydrogens is 338 g/mol. The van der Waals surface area contributed by atoms with E-state index in [2.05, 4.69) is 60.4 Å². The summed E-state index contributed by atoms with van der Waals surface area (Å²) in [6.07, 6.45) is 2.01. The van der Waals surface area contributed by atoms with Crippen molar-refractivity contribution in [2.24, 2.45) is 0 Å². The van der Waals surface area contributed by atoms with Crippen LogP contribution in [0.15, 0.2) is 53.1 Å². The largest absolute Gasteiger partial charge is 0.339 e. The van der Waals surface area contributed by atoms with Crippen LogP contribution >= 0.6 is 0 Å². The third kappa shape index (κ3) is 3.77. The quantitative estimate of drug-likeness (QED) is 0.688. The van der Waals surface area contributed by atoms with Crippen LogP contribution in [0.1, 0.15) is 47.7 Å². The monoisotopic (exact) mass is 361 g/mol. The average molecular weight is 361 g/mol. The number of rotatable bonds is 5. The molecule has 0 bridgehead atoms. The lowest BCUT2D eigenvalue weighted by atomic mass is 10.1. The predicted octanol–water partition coefficient (Wildman–Crippen LogP) is 4.05. The summed E-state index contributed by atoms with van der Waals surface area (Å²) in [5.41, 5.74) is 4.56. The summed E-state index contributed by atoms with van der Waals surface area (Å²) in [6, 6.07) is 16.5. The van der Waals surface area contributed by atoms with Gasteiger partial charge in [-0.05, 0) is 36.6 Å². The Morgan fingerprint density at radius 1 is 1.07 bits per heavy atom. The maximum absolute atomic E-state index is 12.5. The van der Waals surface area contributed by atoms with Crippen molar-refractivity contribution in [3.63, 3.8) is 0 Å². The molecule has 1 aliphatic rings. The Hall–Kier alpha value is -2.95. The van der Waals surface area contributed by atoms with Crippen molar-refractivity contribution in [1.29, 1.82) is 0 Å². The van der Waals surface area contributed by atoms with E-state index in [-0.39, 0.29) is 11.8 Å². The fraction of sp³-hybridized carbons (Fsp3) is 0.318. The zero-order valence-electron chi connectivity index (χ0n) is 15.7. The Labute approximate surface area is 159 Å². The number of anilines is 1. The molecule has 27 heavy (non-hydrogen) atoms. The summed E-state index contributed by atoms with van der Waals surface area (Å²) in [5, 5.41) is 4.14. The summed E-state index contributed by atoms with van der Waals surface area (Å²) in [5.74, 6) is 1.29. The second kappa shape index (κ2) is 7.35. The van der Waals surface area contributed by atoms with Crippen LogP contribution in [0.2, 0.25) is 0 Å². The fourth-order valence-electron chi connectivity index (χ4n) is 3.43. The van der Waals surface area contributed by atoms with Crippen molar-refractivity contribution in [2.45, 2.75) is 39.0 Å². The highest BCUT2D eigenvalue weighted by molar-refractivity contribution is 5.96. The van der Waals surface area contributed by atoms with Crippen molar-refractivity contribution in [2.75, 3.05) is 11.4 Å². The van der Waals surface area contributed by atoms with Crippen molar-refractivity contribution in [3.8, 4) is 0 Å². The zero-order valence-corrected chi connectivity index (χ0v) is 15.7. The van der Waals surface area contributed by atoms with E-state index < -0.39 is 0 Å². The Balaban J connectivity index is 1.45. The van der Waals surface area contributed by atoms with Crippen LogP contribution in [-0.4, -0.2) is 22.6 Å². The smallest absolute Gasteiger partial charge is 0.231 e. The highest BCUT2D eigenvalue weighted by Crippen LogP contribution is 2.30. The van der Waals surface area contributed by atoms with Crippen LogP contribution in [0, 0.1) is 6.92 Å². The molecule has 1 atom stereocenters. The summed E-state index contributed by atoms with van der Waals surface area (Å²) >= 11 is 0. The van der Waals surface area contributed by atoms with Gasteiger partial charge in [-0.2, -0.15) is 4.98 Å². The van der Waals surface area contributed by atoms with Gasteiger partial charge < -0.3 is 9.42 Å². The molecule has 1 fully saturated rings. The number of aromatic nitrogens is 2. The number of nitrogens with zero attached hydrogens (tertiary/aromatic N) is 3. The van der Waals surface area contributed by atoms with Gasteiger partial charge in [0.15, 0.2) is 5.82 Å². The lowest BCUT2D eigenvalue weighted by Gasteiger charge is -2.16. The van der Waals surface area contributed by atoms with Gasteiger partial charge in [0, 0.05) is 24.6 Å². The molecular formula is C22H23N3O2. The first-order valence-electron chi connectivity index (χ1n) is 9.39. The van der Waals surface area contributed by atoms with Gasteiger partial charge in [-0.3, -0.25) is 4.79 Å². The third-order valence-electron chi connectivity index (χ3n) is 5.11.